The van der Waals surface area contributed by atoms with E-state index in [0.29, 0.717) is 17.1 Å². The molecular weight excluding hydrogens is 268 g/mol. The Kier molecular flexibility index (Phi) is 3.07. The van der Waals surface area contributed by atoms with E-state index in [9.17, 15) is 4.79 Å². The molecule has 4 rings (SSSR count). The molecule has 4 aliphatic carbocycles. The lowest BCUT2D eigenvalue weighted by Gasteiger charge is -2.56. The van der Waals surface area contributed by atoms with Gasteiger partial charge in [0.1, 0.15) is 5.78 Å². The van der Waals surface area contributed by atoms with E-state index in [4.69, 9.17) is 0 Å². The molecule has 5 unspecified atom stereocenters. The molecule has 0 aromatic carbocycles. The number of carbonyl (C=O) groups excluding carboxylic acids is 1. The molecule has 0 spiro atoms. The average molecular weight is 298 g/mol. The number of rotatable bonds is 0. The van der Waals surface area contributed by atoms with Gasteiger partial charge in [-0.3, -0.25) is 4.79 Å². The second-order valence-electron chi connectivity index (χ2n) is 8.97. The first-order chi connectivity index (χ1) is 10.4. The molecule has 1 heteroatoms. The summed E-state index contributed by atoms with van der Waals surface area (Å²) < 4.78 is 0. The third-order valence-corrected chi connectivity index (χ3v) is 8.24. The maximum Gasteiger partial charge on any atom is 0.139 e. The fourth-order valence-corrected chi connectivity index (χ4v) is 6.63. The minimum atomic E-state index is 0.0122. The molecule has 22 heavy (non-hydrogen) atoms. The van der Waals surface area contributed by atoms with Crippen LogP contribution >= 0.6 is 0 Å². The van der Waals surface area contributed by atoms with Crippen LogP contribution < -0.4 is 0 Å². The molecule has 0 aliphatic heterocycles. The van der Waals surface area contributed by atoms with Crippen molar-refractivity contribution in [2.45, 2.75) is 72.6 Å². The van der Waals surface area contributed by atoms with Crippen molar-refractivity contribution in [1.29, 1.82) is 0 Å². The van der Waals surface area contributed by atoms with E-state index < -0.39 is 0 Å². The molecule has 0 heterocycles. The maximum atomic E-state index is 12.4. The van der Waals surface area contributed by atoms with Crippen LogP contribution in [0.2, 0.25) is 0 Å². The monoisotopic (exact) mass is 298 g/mol. The summed E-state index contributed by atoms with van der Waals surface area (Å²) in [5, 5.41) is 0. The average Bonchev–Trinajstić information content (AvgIpc) is 2.79. The van der Waals surface area contributed by atoms with Crippen molar-refractivity contribution in [2.75, 3.05) is 0 Å². The molecule has 0 N–H and O–H groups in total. The number of allylic oxidation sites excluding steroid dienone is 4. The van der Waals surface area contributed by atoms with E-state index in [-0.39, 0.29) is 5.41 Å². The zero-order valence-corrected chi connectivity index (χ0v) is 14.7. The van der Waals surface area contributed by atoms with Crippen molar-refractivity contribution >= 4 is 5.78 Å². The van der Waals surface area contributed by atoms with Gasteiger partial charge in [-0.05, 0) is 86.7 Å². The fraction of sp³-hybridized carbons (Fsp3) is 0.762. The zero-order valence-electron chi connectivity index (χ0n) is 14.7. The van der Waals surface area contributed by atoms with Crippen molar-refractivity contribution in [2.24, 2.45) is 28.6 Å². The summed E-state index contributed by atoms with van der Waals surface area (Å²) in [7, 11) is 0. The third kappa shape index (κ3) is 1.69. The highest BCUT2D eigenvalue weighted by Gasteiger charge is 2.58. The van der Waals surface area contributed by atoms with Gasteiger partial charge in [0, 0.05) is 11.8 Å². The van der Waals surface area contributed by atoms with Gasteiger partial charge in [0.25, 0.3) is 0 Å². The Morgan fingerprint density at radius 1 is 1.00 bits per heavy atom. The van der Waals surface area contributed by atoms with Crippen molar-refractivity contribution in [1.82, 2.24) is 0 Å². The molecule has 120 valence electrons. The molecule has 2 saturated carbocycles. The summed E-state index contributed by atoms with van der Waals surface area (Å²) in [5.74, 6) is 2.77. The standard InChI is InChI=1S/C21H30O/c1-13-9-11-20(3)16(14(13)2)6-5-15-17-7-8-19(22)21(17,4)12-10-18(15)20/h6,15,17-18H,5,7-12H2,1-4H3. The molecule has 0 radical (unpaired) electrons. The van der Waals surface area contributed by atoms with E-state index in [1.54, 1.807) is 16.7 Å². The van der Waals surface area contributed by atoms with Crippen LogP contribution in [0.1, 0.15) is 72.6 Å². The third-order valence-electron chi connectivity index (χ3n) is 8.24. The molecule has 0 aromatic heterocycles. The van der Waals surface area contributed by atoms with Gasteiger partial charge in [0.2, 0.25) is 0 Å². The number of ketones is 1. The van der Waals surface area contributed by atoms with Crippen molar-refractivity contribution in [3.63, 3.8) is 0 Å². The van der Waals surface area contributed by atoms with Crippen LogP contribution in [0, 0.1) is 28.6 Å². The lowest BCUT2D eigenvalue weighted by atomic mass is 9.48. The van der Waals surface area contributed by atoms with Crippen LogP contribution in [0.3, 0.4) is 0 Å². The largest absolute Gasteiger partial charge is 0.299 e. The summed E-state index contributed by atoms with van der Waals surface area (Å²) in [6.07, 6.45) is 10.8. The minimum absolute atomic E-state index is 0.0122. The molecule has 4 aliphatic rings. The predicted octanol–water partition coefficient (Wildman–Crippen LogP) is 5.46. The lowest BCUT2D eigenvalue weighted by Crippen LogP contribution is -2.49. The van der Waals surface area contributed by atoms with E-state index in [1.165, 1.54) is 25.7 Å². The molecule has 1 nitrogen and oxygen atoms in total. The SMILES string of the molecule is CC1=C(C)C2=CCC3C4CCC(=O)C4(C)CCC3C2(C)CC1. The summed E-state index contributed by atoms with van der Waals surface area (Å²) in [6.45, 7) is 9.46. The Hall–Kier alpha value is -0.850. The number of Topliss-reactive ketones (excluding diaryl/α,β-unsaturated/α-hetero) is 1. The van der Waals surface area contributed by atoms with Crippen molar-refractivity contribution < 1.29 is 4.79 Å². The Balaban J connectivity index is 1.75. The van der Waals surface area contributed by atoms with E-state index in [0.717, 1.165) is 31.1 Å². The molecule has 0 bridgehead atoms. The Bertz CT molecular complexity index is 595. The topological polar surface area (TPSA) is 17.1 Å². The Morgan fingerprint density at radius 2 is 1.73 bits per heavy atom. The van der Waals surface area contributed by atoms with Gasteiger partial charge in [0.05, 0.1) is 0 Å². The second kappa shape index (κ2) is 4.58. The number of hydrogen-bond acceptors (Lipinski definition) is 1. The Labute approximate surface area is 135 Å². The number of carbonyl (C=O) groups is 1. The van der Waals surface area contributed by atoms with Gasteiger partial charge in [-0.15, -0.1) is 0 Å². The zero-order chi connectivity index (χ0) is 15.7. The first-order valence-electron chi connectivity index (χ1n) is 9.28. The molecule has 0 amide bonds. The first-order valence-corrected chi connectivity index (χ1v) is 9.28. The van der Waals surface area contributed by atoms with E-state index in [2.05, 4.69) is 33.8 Å². The quantitative estimate of drug-likeness (QED) is 0.580. The van der Waals surface area contributed by atoms with Crippen LogP contribution in [-0.4, -0.2) is 5.78 Å². The molecule has 0 aromatic rings. The van der Waals surface area contributed by atoms with Crippen molar-refractivity contribution in [3.05, 3.63) is 22.8 Å². The molecule has 2 fully saturated rings. The summed E-state index contributed by atoms with van der Waals surface area (Å²) >= 11 is 0. The predicted molar refractivity (Wildman–Crippen MR) is 90.5 cm³/mol. The highest BCUT2D eigenvalue weighted by atomic mass is 16.1. The summed E-state index contributed by atoms with van der Waals surface area (Å²) in [5.41, 5.74) is 5.21. The Morgan fingerprint density at radius 3 is 2.50 bits per heavy atom. The van der Waals surface area contributed by atoms with Gasteiger partial charge in [-0.2, -0.15) is 0 Å². The van der Waals surface area contributed by atoms with E-state index >= 15 is 0 Å². The van der Waals surface area contributed by atoms with Gasteiger partial charge in [-0.25, -0.2) is 0 Å². The van der Waals surface area contributed by atoms with E-state index in [1.807, 2.05) is 0 Å². The fourth-order valence-electron chi connectivity index (χ4n) is 6.63. The molecule has 0 saturated heterocycles. The molecule has 5 atom stereocenters. The normalized spacial score (nSPS) is 47.7. The maximum absolute atomic E-state index is 12.4. The van der Waals surface area contributed by atoms with Crippen LogP contribution in [0.4, 0.5) is 0 Å². The van der Waals surface area contributed by atoms with Gasteiger partial charge in [0.15, 0.2) is 0 Å². The highest BCUT2D eigenvalue weighted by Crippen LogP contribution is 2.64. The number of fused-ring (bicyclic) bond motifs is 5. The van der Waals surface area contributed by atoms with Crippen LogP contribution in [-0.2, 0) is 4.79 Å². The van der Waals surface area contributed by atoms with Gasteiger partial charge < -0.3 is 0 Å². The smallest absolute Gasteiger partial charge is 0.139 e. The summed E-state index contributed by atoms with van der Waals surface area (Å²) in [4.78, 5) is 12.4. The summed E-state index contributed by atoms with van der Waals surface area (Å²) in [6, 6.07) is 0. The van der Waals surface area contributed by atoms with Crippen LogP contribution in [0.15, 0.2) is 22.8 Å². The van der Waals surface area contributed by atoms with Gasteiger partial charge in [-0.1, -0.05) is 25.5 Å². The van der Waals surface area contributed by atoms with Crippen LogP contribution in [0.5, 0.6) is 0 Å². The van der Waals surface area contributed by atoms with Gasteiger partial charge >= 0.3 is 0 Å². The van der Waals surface area contributed by atoms with Crippen LogP contribution in [0.25, 0.3) is 0 Å². The minimum Gasteiger partial charge on any atom is -0.299 e. The molecular formula is C21H30O. The first kappa shape index (κ1) is 14.7. The van der Waals surface area contributed by atoms with Crippen molar-refractivity contribution in [3.8, 4) is 0 Å². The highest BCUT2D eigenvalue weighted by molar-refractivity contribution is 5.87. The number of hydrogen-bond donors (Lipinski definition) is 0. The lowest BCUT2D eigenvalue weighted by molar-refractivity contribution is -0.131. The second-order valence-corrected chi connectivity index (χ2v) is 8.97.